The van der Waals surface area contributed by atoms with E-state index in [1.807, 2.05) is 0 Å². The molecule has 0 N–H and O–H groups in total. The zero-order valence-corrected chi connectivity index (χ0v) is 12.8. The third-order valence-electron chi connectivity index (χ3n) is 2.30. The summed E-state index contributed by atoms with van der Waals surface area (Å²) in [6.07, 6.45) is -4.28. The van der Waals surface area contributed by atoms with Crippen molar-refractivity contribution < 1.29 is 60.6 Å². The number of alkyl halides is 3. The second-order valence-corrected chi connectivity index (χ2v) is 4.17. The summed E-state index contributed by atoms with van der Waals surface area (Å²) in [5.74, 6) is -5.18. The minimum absolute atomic E-state index is 0. The van der Waals surface area contributed by atoms with Gasteiger partial charge in [-0.1, -0.05) is 5.76 Å². The Kier molecular flexibility index (Phi) is 8.57. The maximum Gasteiger partial charge on any atom is 1.00 e. The van der Waals surface area contributed by atoms with Crippen molar-refractivity contribution in [1.82, 2.24) is 0 Å². The van der Waals surface area contributed by atoms with Crippen LogP contribution in [0.4, 0.5) is 17.6 Å². The molecule has 0 aliphatic carbocycles. The summed E-state index contributed by atoms with van der Waals surface area (Å²) in [7, 11) is 0. The number of carbonyl (C=O) groups is 2. The van der Waals surface area contributed by atoms with Gasteiger partial charge in [0.25, 0.3) is 5.78 Å². The van der Waals surface area contributed by atoms with Crippen LogP contribution in [0.1, 0.15) is 12.5 Å². The van der Waals surface area contributed by atoms with Gasteiger partial charge in [0.2, 0.25) is 0 Å². The number of ketones is 1. The Bertz CT molecular complexity index is 628. The summed E-state index contributed by atoms with van der Waals surface area (Å²) >= 11 is 0. The van der Waals surface area contributed by atoms with E-state index in [2.05, 4.69) is 9.47 Å². The molecular formula is C14H11F4LiO5. The van der Waals surface area contributed by atoms with Crippen molar-refractivity contribution in [3.05, 3.63) is 35.7 Å². The van der Waals surface area contributed by atoms with Gasteiger partial charge < -0.3 is 14.6 Å². The van der Waals surface area contributed by atoms with Gasteiger partial charge in [-0.25, -0.2) is 9.18 Å². The largest absolute Gasteiger partial charge is 1.00 e. The third kappa shape index (κ3) is 7.52. The molecule has 0 unspecified atom stereocenters. The van der Waals surface area contributed by atoms with Gasteiger partial charge in [-0.2, -0.15) is 13.2 Å². The van der Waals surface area contributed by atoms with Gasteiger partial charge in [-0.3, -0.25) is 4.79 Å². The Morgan fingerprint density at radius 2 is 1.88 bits per heavy atom. The summed E-state index contributed by atoms with van der Waals surface area (Å²) in [5, 5.41) is 11.7. The average molecular weight is 342 g/mol. The monoisotopic (exact) mass is 342 g/mol. The van der Waals surface area contributed by atoms with E-state index in [0.717, 1.165) is 6.07 Å². The molecule has 0 spiro atoms. The normalized spacial score (nSPS) is 11.5. The number of rotatable bonds is 6. The van der Waals surface area contributed by atoms with Crippen molar-refractivity contribution >= 4 is 17.5 Å². The van der Waals surface area contributed by atoms with Crippen molar-refractivity contribution in [2.24, 2.45) is 0 Å². The van der Waals surface area contributed by atoms with E-state index >= 15 is 0 Å². The molecule has 0 aromatic heterocycles. The number of hydrogen-bond donors (Lipinski definition) is 0. The molecule has 0 aliphatic heterocycles. The quantitative estimate of drug-likeness (QED) is 0.159. The SMILES string of the molecule is CCOC(=O)C(=O)C=C([O-])c1cc(F)cc(OCC(F)(F)F)c1.[Li+]. The second kappa shape index (κ2) is 9.35. The molecule has 10 heteroatoms. The van der Waals surface area contributed by atoms with Gasteiger partial charge in [0.05, 0.1) is 6.61 Å². The van der Waals surface area contributed by atoms with Gasteiger partial charge in [0.15, 0.2) is 6.61 Å². The Hall–Kier alpha value is -1.98. The molecule has 0 fully saturated rings. The molecule has 1 aromatic carbocycles. The van der Waals surface area contributed by atoms with E-state index in [9.17, 15) is 32.3 Å². The van der Waals surface area contributed by atoms with Crippen molar-refractivity contribution in [2.75, 3.05) is 13.2 Å². The van der Waals surface area contributed by atoms with E-state index in [-0.39, 0.29) is 25.5 Å². The number of esters is 1. The van der Waals surface area contributed by atoms with Gasteiger partial charge >= 0.3 is 31.0 Å². The van der Waals surface area contributed by atoms with Crippen LogP contribution in [0.25, 0.3) is 5.76 Å². The van der Waals surface area contributed by atoms with Crippen LogP contribution < -0.4 is 28.7 Å². The van der Waals surface area contributed by atoms with Crippen LogP contribution in [0, 0.1) is 5.82 Å². The molecule has 0 atom stereocenters. The average Bonchev–Trinajstić information content (AvgIpc) is 2.44. The van der Waals surface area contributed by atoms with Gasteiger partial charge in [0.1, 0.15) is 11.6 Å². The van der Waals surface area contributed by atoms with Crippen molar-refractivity contribution in [3.63, 3.8) is 0 Å². The fourth-order valence-corrected chi connectivity index (χ4v) is 1.42. The number of halogens is 4. The van der Waals surface area contributed by atoms with Crippen LogP contribution in [0.15, 0.2) is 24.3 Å². The minimum atomic E-state index is -4.64. The van der Waals surface area contributed by atoms with Crippen molar-refractivity contribution in [1.29, 1.82) is 0 Å². The molecule has 0 bridgehead atoms. The third-order valence-corrected chi connectivity index (χ3v) is 2.30. The zero-order valence-electron chi connectivity index (χ0n) is 12.8. The van der Waals surface area contributed by atoms with Gasteiger partial charge in [-0.05, 0) is 30.7 Å². The molecule has 0 amide bonds. The van der Waals surface area contributed by atoms with Gasteiger partial charge in [-0.15, -0.1) is 0 Å². The first kappa shape index (κ1) is 22.0. The first-order valence-corrected chi connectivity index (χ1v) is 6.22. The van der Waals surface area contributed by atoms with Crippen LogP contribution in [0.5, 0.6) is 5.75 Å². The fraction of sp³-hybridized carbons (Fsp3) is 0.286. The maximum atomic E-state index is 13.3. The molecular weight excluding hydrogens is 331 g/mol. The first-order chi connectivity index (χ1) is 10.6. The molecule has 0 radical (unpaired) electrons. The second-order valence-electron chi connectivity index (χ2n) is 4.17. The fourth-order valence-electron chi connectivity index (χ4n) is 1.42. The van der Waals surface area contributed by atoms with E-state index in [4.69, 9.17) is 0 Å². The maximum absolute atomic E-state index is 13.3. The summed E-state index contributed by atoms with van der Waals surface area (Å²) in [6, 6.07) is 2.17. The summed E-state index contributed by atoms with van der Waals surface area (Å²) < 4.78 is 58.2. The van der Waals surface area contributed by atoms with E-state index < -0.39 is 47.4 Å². The topological polar surface area (TPSA) is 75.7 Å². The summed E-state index contributed by atoms with van der Waals surface area (Å²) in [6.45, 7) is -0.304. The molecule has 1 rings (SSSR count). The molecule has 126 valence electrons. The van der Waals surface area contributed by atoms with Crippen LogP contribution in [-0.4, -0.2) is 31.1 Å². The van der Waals surface area contributed by atoms with Crippen LogP contribution in [0.3, 0.4) is 0 Å². The van der Waals surface area contributed by atoms with Crippen LogP contribution in [-0.2, 0) is 14.3 Å². The Morgan fingerprint density at radius 3 is 2.42 bits per heavy atom. The minimum Gasteiger partial charge on any atom is -0.872 e. The summed E-state index contributed by atoms with van der Waals surface area (Å²) in [4.78, 5) is 22.4. The summed E-state index contributed by atoms with van der Waals surface area (Å²) in [5.41, 5.74) is -0.445. The van der Waals surface area contributed by atoms with Crippen LogP contribution >= 0.6 is 0 Å². The Balaban J connectivity index is 0.00000529. The van der Waals surface area contributed by atoms with Crippen molar-refractivity contribution in [2.45, 2.75) is 13.1 Å². The standard InChI is InChI=1S/C14H12F4O5.Li/c1-2-22-13(21)12(20)6-11(19)8-3-9(15)5-10(4-8)23-7-14(16,17)18;/h3-6,19H,2,7H2,1H3;/q;+1/p-1. The number of benzene rings is 1. The number of hydrogen-bond acceptors (Lipinski definition) is 5. The smallest absolute Gasteiger partial charge is 0.872 e. The van der Waals surface area contributed by atoms with E-state index in [0.29, 0.717) is 18.2 Å². The number of carbonyl (C=O) groups excluding carboxylic acids is 2. The Morgan fingerprint density at radius 1 is 1.25 bits per heavy atom. The van der Waals surface area contributed by atoms with Crippen LogP contribution in [0.2, 0.25) is 0 Å². The van der Waals surface area contributed by atoms with E-state index in [1.165, 1.54) is 6.92 Å². The van der Waals surface area contributed by atoms with Crippen molar-refractivity contribution in [3.8, 4) is 5.75 Å². The first-order valence-electron chi connectivity index (χ1n) is 6.22. The molecule has 0 heterocycles. The molecule has 5 nitrogen and oxygen atoms in total. The zero-order chi connectivity index (χ0) is 17.6. The van der Waals surface area contributed by atoms with E-state index in [1.54, 1.807) is 0 Å². The Labute approximate surface area is 146 Å². The number of ether oxygens (including phenoxy) is 2. The van der Waals surface area contributed by atoms with Gasteiger partial charge in [0, 0.05) is 6.07 Å². The predicted molar refractivity (Wildman–Crippen MR) is 67.6 cm³/mol. The molecule has 24 heavy (non-hydrogen) atoms. The molecule has 0 saturated carbocycles. The molecule has 0 aliphatic rings. The molecule has 1 aromatic rings. The predicted octanol–water partition coefficient (Wildman–Crippen LogP) is -1.40. The molecule has 0 saturated heterocycles.